The van der Waals surface area contributed by atoms with Gasteiger partial charge in [0.15, 0.2) is 0 Å². The number of benzene rings is 8. The molecule has 0 bridgehead atoms. The van der Waals surface area contributed by atoms with Gasteiger partial charge in [-0.3, -0.25) is 0 Å². The second kappa shape index (κ2) is 13.5. The van der Waals surface area contributed by atoms with Gasteiger partial charge in [-0.05, 0) is 162 Å². The van der Waals surface area contributed by atoms with Crippen LogP contribution in [0.15, 0.2) is 158 Å². The molecule has 8 aromatic carbocycles. The normalized spacial score (nSPS) is 14.4. The van der Waals surface area contributed by atoms with Crippen LogP contribution in [-0.2, 0) is 10.8 Å². The van der Waals surface area contributed by atoms with Crippen molar-refractivity contribution in [2.75, 3.05) is 0 Å². The highest BCUT2D eigenvalue weighted by atomic mass is 14.5. The molecule has 0 aliphatic heterocycles. The fourth-order valence-electron chi connectivity index (χ4n) is 11.0. The molecule has 0 saturated heterocycles. The topological polar surface area (TPSA) is 0 Å². The van der Waals surface area contributed by atoms with Gasteiger partial charge in [-0.1, -0.05) is 162 Å². The van der Waals surface area contributed by atoms with Crippen LogP contribution in [0.3, 0.4) is 0 Å². The van der Waals surface area contributed by atoms with Gasteiger partial charge in [0.25, 0.3) is 0 Å². The van der Waals surface area contributed by atoms with Crippen molar-refractivity contribution in [3.63, 3.8) is 0 Å². The van der Waals surface area contributed by atoms with E-state index in [1.165, 1.54) is 125 Å². The van der Waals surface area contributed by atoms with Gasteiger partial charge in [0, 0.05) is 10.8 Å². The Kier molecular flexibility index (Phi) is 8.37. The lowest BCUT2D eigenvalue weighted by molar-refractivity contribution is 0.436. The van der Waals surface area contributed by atoms with Gasteiger partial charge >= 0.3 is 0 Å². The van der Waals surface area contributed by atoms with Crippen molar-refractivity contribution >= 4 is 21.5 Å². The van der Waals surface area contributed by atoms with Crippen molar-refractivity contribution in [2.24, 2.45) is 0 Å². The molecular weight excluding hydrogens is 673 g/mol. The van der Waals surface area contributed by atoms with E-state index < -0.39 is 0 Å². The van der Waals surface area contributed by atoms with E-state index in [-0.39, 0.29) is 10.8 Å². The zero-order valence-corrected chi connectivity index (χ0v) is 33.3. The highest BCUT2D eigenvalue weighted by Crippen LogP contribution is 2.56. The zero-order chi connectivity index (χ0) is 38.0. The molecule has 56 heavy (non-hydrogen) atoms. The molecule has 0 heterocycles. The summed E-state index contributed by atoms with van der Waals surface area (Å²) in [6.45, 7) is 9.48. The molecule has 2 aliphatic rings. The smallest absolute Gasteiger partial charge is 0.0215 e. The predicted molar refractivity (Wildman–Crippen MR) is 241 cm³/mol. The number of rotatable bonds is 9. The molecule has 0 radical (unpaired) electrons. The van der Waals surface area contributed by atoms with Crippen LogP contribution in [0.2, 0.25) is 0 Å². The maximum absolute atomic E-state index is 2.56. The maximum atomic E-state index is 2.56. The Bertz CT molecular complexity index is 2800. The van der Waals surface area contributed by atoms with Crippen LogP contribution in [0, 0.1) is 0 Å². The van der Waals surface area contributed by atoms with E-state index in [1.807, 2.05) is 0 Å². The van der Waals surface area contributed by atoms with E-state index >= 15 is 0 Å². The Morgan fingerprint density at radius 3 is 1.14 bits per heavy atom. The Hall–Kier alpha value is -5.72. The highest BCUT2D eigenvalue weighted by molar-refractivity contribution is 5.94. The third-order valence-corrected chi connectivity index (χ3v) is 13.8. The van der Waals surface area contributed by atoms with Gasteiger partial charge in [-0.2, -0.15) is 0 Å². The van der Waals surface area contributed by atoms with E-state index in [1.54, 1.807) is 0 Å². The van der Waals surface area contributed by atoms with Crippen LogP contribution in [-0.4, -0.2) is 0 Å². The molecule has 0 atom stereocenters. The molecule has 10 rings (SSSR count). The van der Waals surface area contributed by atoms with Crippen LogP contribution in [0.5, 0.6) is 0 Å². The van der Waals surface area contributed by atoms with Crippen molar-refractivity contribution < 1.29 is 0 Å². The average Bonchev–Trinajstić information content (AvgIpc) is 3.69. The lowest BCUT2D eigenvalue weighted by Crippen LogP contribution is -2.25. The predicted octanol–water partition coefficient (Wildman–Crippen LogP) is 15.9. The first-order chi connectivity index (χ1) is 27.5. The number of hydrogen-bond donors (Lipinski definition) is 0. The molecule has 274 valence electrons. The fourth-order valence-corrected chi connectivity index (χ4v) is 11.0. The summed E-state index contributed by atoms with van der Waals surface area (Å²) in [5.41, 5.74) is 19.5. The number of fused-ring (bicyclic) bond motifs is 8. The molecule has 8 aromatic rings. The van der Waals surface area contributed by atoms with Crippen molar-refractivity contribution in [2.45, 2.75) is 77.0 Å². The first kappa shape index (κ1) is 34.7. The second-order valence-electron chi connectivity index (χ2n) is 16.5. The van der Waals surface area contributed by atoms with Gasteiger partial charge in [0.2, 0.25) is 0 Å². The van der Waals surface area contributed by atoms with Crippen molar-refractivity contribution in [1.82, 2.24) is 0 Å². The van der Waals surface area contributed by atoms with Crippen LogP contribution in [0.1, 0.15) is 88.5 Å². The van der Waals surface area contributed by atoms with Gasteiger partial charge in [-0.15, -0.1) is 0 Å². The quantitative estimate of drug-likeness (QED) is 0.139. The van der Waals surface area contributed by atoms with E-state index in [9.17, 15) is 0 Å². The van der Waals surface area contributed by atoms with Crippen molar-refractivity contribution in [3.8, 4) is 55.6 Å². The Balaban J connectivity index is 1.01. The minimum atomic E-state index is -0.0244. The molecule has 0 amide bonds. The molecule has 0 spiro atoms. The van der Waals surface area contributed by atoms with Gasteiger partial charge in [0.1, 0.15) is 0 Å². The van der Waals surface area contributed by atoms with Crippen molar-refractivity contribution in [3.05, 3.63) is 180 Å². The minimum absolute atomic E-state index is 0.0244. The summed E-state index contributed by atoms with van der Waals surface area (Å²) in [4.78, 5) is 0. The Labute approximate surface area is 332 Å². The molecule has 0 fully saturated rings. The summed E-state index contributed by atoms with van der Waals surface area (Å²) in [5.74, 6) is 0. The summed E-state index contributed by atoms with van der Waals surface area (Å²) in [5, 5.41) is 5.11. The highest BCUT2D eigenvalue weighted by Gasteiger charge is 2.43. The van der Waals surface area contributed by atoms with Gasteiger partial charge in [-0.25, -0.2) is 0 Å². The van der Waals surface area contributed by atoms with Crippen LogP contribution in [0.25, 0.3) is 77.2 Å². The largest absolute Gasteiger partial charge is 0.0653 e. The fraction of sp³-hybridized carbons (Fsp3) is 0.214. The lowest BCUT2D eigenvalue weighted by Gasteiger charge is -2.32. The molecule has 0 nitrogen and oxygen atoms in total. The molecule has 2 aliphatic carbocycles. The van der Waals surface area contributed by atoms with E-state index in [0.29, 0.717) is 0 Å². The standard InChI is InChI=1S/C56H50/c1-5-29-56(30-6-2)51-16-12-11-15-47(51)48-26-24-46(36-54(48)56)45-25-28-50-49-27-23-44(34-52(49)55(7-3,8-4)53(50)35-45)43-22-21-41-32-40(19-20-42(41)33-43)39-18-17-37-13-9-10-14-38(37)31-39/h9-28,31-36H,5-8,29-30H2,1-4H3. The summed E-state index contributed by atoms with van der Waals surface area (Å²) in [7, 11) is 0. The third-order valence-electron chi connectivity index (χ3n) is 13.8. The van der Waals surface area contributed by atoms with Crippen LogP contribution < -0.4 is 0 Å². The minimum Gasteiger partial charge on any atom is -0.0653 e. The first-order valence-corrected chi connectivity index (χ1v) is 21.1. The number of hydrogen-bond acceptors (Lipinski definition) is 0. The van der Waals surface area contributed by atoms with E-state index in [0.717, 1.165) is 12.8 Å². The average molecular weight is 723 g/mol. The Morgan fingerprint density at radius 2 is 0.661 bits per heavy atom. The van der Waals surface area contributed by atoms with Crippen molar-refractivity contribution in [1.29, 1.82) is 0 Å². The van der Waals surface area contributed by atoms with Gasteiger partial charge in [0.05, 0.1) is 0 Å². The lowest BCUT2D eigenvalue weighted by atomic mass is 9.71. The summed E-state index contributed by atoms with van der Waals surface area (Å²) in [6, 6.07) is 60.5. The van der Waals surface area contributed by atoms with Crippen LogP contribution >= 0.6 is 0 Å². The van der Waals surface area contributed by atoms with Gasteiger partial charge < -0.3 is 0 Å². The molecule has 0 heteroatoms. The molecule has 0 N–H and O–H groups in total. The van der Waals surface area contributed by atoms with Crippen LogP contribution in [0.4, 0.5) is 0 Å². The summed E-state index contributed by atoms with van der Waals surface area (Å²) < 4.78 is 0. The van der Waals surface area contributed by atoms with E-state index in [4.69, 9.17) is 0 Å². The maximum Gasteiger partial charge on any atom is 0.0215 e. The molecule has 0 aromatic heterocycles. The summed E-state index contributed by atoms with van der Waals surface area (Å²) >= 11 is 0. The first-order valence-electron chi connectivity index (χ1n) is 21.1. The third kappa shape index (κ3) is 5.18. The monoisotopic (exact) mass is 722 g/mol. The summed E-state index contributed by atoms with van der Waals surface area (Å²) in [6.07, 6.45) is 6.88. The molecule has 0 saturated carbocycles. The zero-order valence-electron chi connectivity index (χ0n) is 33.3. The Morgan fingerprint density at radius 1 is 0.304 bits per heavy atom. The SMILES string of the molecule is CCCC1(CCC)c2ccccc2-c2ccc(-c3ccc4c(c3)C(CC)(CC)c3cc(-c5ccc6cc(-c7ccc8ccccc8c7)ccc6c5)ccc3-4)cc21. The second-order valence-corrected chi connectivity index (χ2v) is 16.5. The molecule has 0 unspecified atom stereocenters. The molecular formula is C56H50. The van der Waals surface area contributed by atoms with E-state index in [2.05, 4.69) is 185 Å².